The Bertz CT molecular complexity index is 2320. The Morgan fingerprint density at radius 1 is 0.844 bits per heavy atom. The first-order valence-electron chi connectivity index (χ1n) is 14.7. The third-order valence-corrected chi connectivity index (χ3v) is 8.21. The summed E-state index contributed by atoms with van der Waals surface area (Å²) in [5, 5.41) is 1.92. The van der Waals surface area contributed by atoms with Crippen LogP contribution in [0.5, 0.6) is 0 Å². The van der Waals surface area contributed by atoms with Crippen molar-refractivity contribution in [3.05, 3.63) is 147 Å². The summed E-state index contributed by atoms with van der Waals surface area (Å²) in [4.78, 5) is 45.3. The highest BCUT2D eigenvalue weighted by molar-refractivity contribution is 6.03. The van der Waals surface area contributed by atoms with Crippen molar-refractivity contribution in [1.29, 1.82) is 0 Å². The lowest BCUT2D eigenvalue weighted by Gasteiger charge is -2.20. The van der Waals surface area contributed by atoms with Gasteiger partial charge in [-0.05, 0) is 47.2 Å². The second kappa shape index (κ2) is 11.3. The zero-order valence-electron chi connectivity index (χ0n) is 24.8. The number of nitrogens with zero attached hydrogens (tertiary/aromatic N) is 4. The molecule has 45 heavy (non-hydrogen) atoms. The fourth-order valence-corrected chi connectivity index (χ4v) is 6.16. The van der Waals surface area contributed by atoms with Crippen LogP contribution in [0.15, 0.2) is 125 Å². The molecule has 220 valence electrons. The molecule has 0 saturated heterocycles. The topological polar surface area (TPSA) is 87.1 Å². The fourth-order valence-electron chi connectivity index (χ4n) is 6.16. The Morgan fingerprint density at radius 3 is 2.27 bits per heavy atom. The number of methoxy groups -OCH3 is 1. The van der Waals surface area contributed by atoms with E-state index in [0.717, 1.165) is 33.2 Å². The first-order valence-corrected chi connectivity index (χ1v) is 14.7. The summed E-state index contributed by atoms with van der Waals surface area (Å²) >= 11 is 0. The van der Waals surface area contributed by atoms with E-state index < -0.39 is 17.2 Å². The van der Waals surface area contributed by atoms with Crippen molar-refractivity contribution in [3.8, 4) is 28.3 Å². The van der Waals surface area contributed by atoms with Crippen LogP contribution in [0, 0.1) is 0 Å². The summed E-state index contributed by atoms with van der Waals surface area (Å²) in [5.74, 6) is -0.248. The molecule has 0 N–H and O–H groups in total. The van der Waals surface area contributed by atoms with Crippen LogP contribution in [0.3, 0.4) is 0 Å². The van der Waals surface area contributed by atoms with Crippen LogP contribution in [0.25, 0.3) is 50.1 Å². The number of aryl methyl sites for hydroxylation is 1. The molecule has 0 amide bonds. The maximum atomic E-state index is 14.4. The van der Waals surface area contributed by atoms with Crippen molar-refractivity contribution in [1.82, 2.24) is 14.1 Å². The highest BCUT2D eigenvalue weighted by Gasteiger charge is 2.33. The molecule has 7 rings (SSSR count). The number of benzene rings is 5. The number of esters is 1. The molecule has 8 nitrogen and oxygen atoms in total. The van der Waals surface area contributed by atoms with E-state index in [1.165, 1.54) is 11.7 Å². The fraction of sp³-hybridized carbons (Fsp3) is 0.108. The maximum Gasteiger partial charge on any atom is 0.353 e. The Hall–Kier alpha value is -5.89. The van der Waals surface area contributed by atoms with Crippen LogP contribution >= 0.6 is 0 Å². The second-order valence-corrected chi connectivity index (χ2v) is 10.8. The van der Waals surface area contributed by atoms with Crippen molar-refractivity contribution in [3.63, 3.8) is 0 Å². The van der Waals surface area contributed by atoms with Crippen molar-refractivity contribution in [2.75, 3.05) is 7.11 Å². The van der Waals surface area contributed by atoms with Crippen LogP contribution in [0.2, 0.25) is 0 Å². The summed E-state index contributed by atoms with van der Waals surface area (Å²) in [6, 6.07) is 36.8. The minimum Gasteiger partial charge on any atom is -0.465 e. The van der Waals surface area contributed by atoms with Gasteiger partial charge in [-0.15, -0.1) is 0 Å². The molecule has 0 fully saturated rings. The van der Waals surface area contributed by atoms with E-state index in [9.17, 15) is 14.4 Å². The summed E-state index contributed by atoms with van der Waals surface area (Å²) in [5.41, 5.74) is 4.41. The van der Waals surface area contributed by atoms with Gasteiger partial charge in [-0.2, -0.15) is 9.55 Å². The molecular weight excluding hydrogens is 564 g/mol. The van der Waals surface area contributed by atoms with Crippen molar-refractivity contribution < 1.29 is 14.1 Å². The average Bonchev–Trinajstić information content (AvgIpc) is 3.09. The number of hydrogen-bond acceptors (Lipinski definition) is 5. The summed E-state index contributed by atoms with van der Waals surface area (Å²) in [6.07, 6.45) is 0. The molecule has 0 atom stereocenters. The zero-order chi connectivity index (χ0) is 31.1. The molecule has 5 aromatic rings. The lowest BCUT2D eigenvalue weighted by atomic mass is 9.96. The SMILES string of the molecule is CC[n+]1c2c(=O)n(Cc3ccccc3)c(=O)nc-2n(-c2cccc3cccc(-c4ccccc4)c23)c2ccc(C(=O)OC)cc21. The third kappa shape index (κ3) is 4.67. The van der Waals surface area contributed by atoms with Gasteiger partial charge in [-0.3, -0.25) is 9.36 Å². The van der Waals surface area contributed by atoms with Crippen molar-refractivity contribution >= 4 is 27.8 Å². The van der Waals surface area contributed by atoms with Gasteiger partial charge in [-0.25, -0.2) is 14.2 Å². The normalized spacial score (nSPS) is 11.3. The molecule has 0 bridgehead atoms. The van der Waals surface area contributed by atoms with E-state index in [1.54, 1.807) is 12.1 Å². The average molecular weight is 594 g/mol. The maximum absolute atomic E-state index is 14.4. The van der Waals surface area contributed by atoms with Gasteiger partial charge < -0.3 is 4.74 Å². The van der Waals surface area contributed by atoms with E-state index in [1.807, 2.05) is 101 Å². The molecule has 0 radical (unpaired) electrons. The van der Waals surface area contributed by atoms with Gasteiger partial charge in [0.05, 0.1) is 24.9 Å². The number of hydrogen-bond donors (Lipinski definition) is 0. The molecule has 0 aromatic heterocycles. The molecule has 2 aliphatic heterocycles. The number of ether oxygens (including phenoxy) is 1. The first kappa shape index (κ1) is 27.9. The highest BCUT2D eigenvalue weighted by atomic mass is 16.5. The van der Waals surface area contributed by atoms with Crippen LogP contribution in [0.1, 0.15) is 22.8 Å². The first-order chi connectivity index (χ1) is 22.0. The van der Waals surface area contributed by atoms with Crippen LogP contribution < -0.4 is 15.8 Å². The Labute approximate surface area is 258 Å². The number of carbonyl (C=O) groups is 1. The lowest BCUT2D eigenvalue weighted by molar-refractivity contribution is -0.658. The zero-order valence-corrected chi connectivity index (χ0v) is 24.8. The molecular formula is C37H29N4O4+. The smallest absolute Gasteiger partial charge is 0.353 e. The Morgan fingerprint density at radius 2 is 1.56 bits per heavy atom. The van der Waals surface area contributed by atoms with Gasteiger partial charge in [0.25, 0.3) is 0 Å². The van der Waals surface area contributed by atoms with Crippen LogP contribution in [-0.2, 0) is 17.8 Å². The van der Waals surface area contributed by atoms with E-state index in [0.29, 0.717) is 23.1 Å². The standard InChI is InChI=1S/C37H29N4O4/c1-3-39-31-22-27(36(43)45-2)20-21-29(31)41(34-33(39)35(42)40(37(44)38-34)23-24-12-6-4-7-13-24)30-19-11-17-26-16-10-18-28(32(26)30)25-14-8-5-9-15-25/h4-22H,3,23H2,1-2H3/q+1. The monoisotopic (exact) mass is 593 g/mol. The third-order valence-electron chi connectivity index (χ3n) is 8.21. The lowest BCUT2D eigenvalue weighted by Crippen LogP contribution is -2.49. The molecule has 8 heteroatoms. The minimum absolute atomic E-state index is 0.0812. The van der Waals surface area contributed by atoms with Gasteiger partial charge in [0, 0.05) is 11.5 Å². The number of carbonyl (C=O) groups excluding carboxylic acids is 1. The Kier molecular flexibility index (Phi) is 7.02. The predicted octanol–water partition coefficient (Wildman–Crippen LogP) is 5.61. The number of rotatable bonds is 6. The summed E-state index contributed by atoms with van der Waals surface area (Å²) in [6.45, 7) is 2.40. The quantitative estimate of drug-likeness (QED) is 0.142. The van der Waals surface area contributed by atoms with Gasteiger partial charge in [0.15, 0.2) is 0 Å². The Balaban J connectivity index is 1.65. The second-order valence-electron chi connectivity index (χ2n) is 10.8. The van der Waals surface area contributed by atoms with Gasteiger partial charge in [0.2, 0.25) is 11.3 Å². The molecule has 0 saturated carbocycles. The predicted molar refractivity (Wildman–Crippen MR) is 174 cm³/mol. The van der Waals surface area contributed by atoms with Crippen LogP contribution in [0.4, 0.5) is 0 Å². The van der Waals surface area contributed by atoms with Gasteiger partial charge >= 0.3 is 22.9 Å². The van der Waals surface area contributed by atoms with Crippen LogP contribution in [-0.4, -0.2) is 27.2 Å². The van der Waals surface area contributed by atoms with E-state index in [4.69, 9.17) is 4.74 Å². The molecule has 0 aliphatic carbocycles. The largest absolute Gasteiger partial charge is 0.465 e. The van der Waals surface area contributed by atoms with Crippen molar-refractivity contribution in [2.45, 2.75) is 20.0 Å². The minimum atomic E-state index is -0.637. The molecule has 2 aliphatic rings. The summed E-state index contributed by atoms with van der Waals surface area (Å²) < 4.78 is 9.91. The van der Waals surface area contributed by atoms with Crippen molar-refractivity contribution in [2.24, 2.45) is 0 Å². The highest BCUT2D eigenvalue weighted by Crippen LogP contribution is 2.36. The summed E-state index contributed by atoms with van der Waals surface area (Å²) in [7, 11) is 1.34. The van der Waals surface area contributed by atoms with E-state index in [2.05, 4.69) is 23.2 Å². The molecule has 0 unspecified atom stereocenters. The van der Waals surface area contributed by atoms with E-state index >= 15 is 0 Å². The molecule has 5 aromatic carbocycles. The molecule has 2 heterocycles. The van der Waals surface area contributed by atoms with Gasteiger partial charge in [-0.1, -0.05) is 91.0 Å². The number of fused-ring (bicyclic) bond motifs is 3. The molecule has 0 spiro atoms. The van der Waals surface area contributed by atoms with E-state index in [-0.39, 0.29) is 18.1 Å². The van der Waals surface area contributed by atoms with Gasteiger partial charge in [0.1, 0.15) is 12.1 Å². The number of aromatic nitrogens is 4.